The Bertz CT molecular complexity index is 546. The number of anilines is 1. The third kappa shape index (κ3) is 4.91. The number of ether oxygens (including phenoxy) is 1. The molecule has 5 nitrogen and oxygen atoms in total. The lowest BCUT2D eigenvalue weighted by Crippen LogP contribution is -2.40. The summed E-state index contributed by atoms with van der Waals surface area (Å²) in [6, 6.07) is 3.40. The molecule has 1 aromatic rings. The lowest BCUT2D eigenvalue weighted by molar-refractivity contribution is -0.123. The van der Waals surface area contributed by atoms with Gasteiger partial charge in [-0.1, -0.05) is 24.9 Å². The van der Waals surface area contributed by atoms with E-state index in [1.54, 1.807) is 12.1 Å². The summed E-state index contributed by atoms with van der Waals surface area (Å²) in [7, 11) is 1.50. The van der Waals surface area contributed by atoms with Crippen LogP contribution in [-0.4, -0.2) is 32.0 Å². The van der Waals surface area contributed by atoms with Gasteiger partial charge in [-0.3, -0.25) is 14.5 Å². The average molecular weight is 327 g/mol. The second kappa shape index (κ2) is 8.63. The Labute approximate surface area is 136 Å². The summed E-state index contributed by atoms with van der Waals surface area (Å²) in [4.78, 5) is 25.3. The molecular formula is C16H23ClN2O3. The molecule has 2 amide bonds. The monoisotopic (exact) mass is 326 g/mol. The van der Waals surface area contributed by atoms with E-state index in [2.05, 4.69) is 12.2 Å². The summed E-state index contributed by atoms with van der Waals surface area (Å²) in [5.41, 5.74) is 1.36. The van der Waals surface area contributed by atoms with Crippen molar-refractivity contribution in [2.24, 2.45) is 0 Å². The molecule has 0 bridgehead atoms. The van der Waals surface area contributed by atoms with Gasteiger partial charge in [0.1, 0.15) is 12.3 Å². The van der Waals surface area contributed by atoms with Crippen LogP contribution in [0.1, 0.15) is 32.3 Å². The largest absolute Gasteiger partial charge is 0.495 e. The Morgan fingerprint density at radius 3 is 2.59 bits per heavy atom. The van der Waals surface area contributed by atoms with Crippen molar-refractivity contribution in [1.82, 2.24) is 5.32 Å². The van der Waals surface area contributed by atoms with E-state index in [4.69, 9.17) is 16.3 Å². The van der Waals surface area contributed by atoms with E-state index in [9.17, 15) is 9.59 Å². The number of amides is 2. The van der Waals surface area contributed by atoms with E-state index in [-0.39, 0.29) is 18.4 Å². The molecule has 0 saturated carbocycles. The average Bonchev–Trinajstić information content (AvgIpc) is 2.47. The first-order valence-corrected chi connectivity index (χ1v) is 7.67. The summed E-state index contributed by atoms with van der Waals surface area (Å²) in [6.07, 6.45) is 1.91. The number of nitrogens with one attached hydrogen (secondary N) is 1. The predicted octanol–water partition coefficient (Wildman–Crippen LogP) is 2.93. The molecule has 22 heavy (non-hydrogen) atoms. The molecular weight excluding hydrogens is 304 g/mol. The number of carbonyl (C=O) groups is 2. The van der Waals surface area contributed by atoms with E-state index in [1.807, 2.05) is 6.92 Å². The van der Waals surface area contributed by atoms with Gasteiger partial charge in [0.25, 0.3) is 0 Å². The first-order valence-electron chi connectivity index (χ1n) is 7.29. The van der Waals surface area contributed by atoms with Crippen LogP contribution in [0.3, 0.4) is 0 Å². The minimum Gasteiger partial charge on any atom is -0.495 e. The Morgan fingerprint density at radius 2 is 2.05 bits per heavy atom. The smallest absolute Gasteiger partial charge is 0.240 e. The first-order chi connectivity index (χ1) is 10.4. The van der Waals surface area contributed by atoms with Crippen molar-refractivity contribution < 1.29 is 14.3 Å². The van der Waals surface area contributed by atoms with Gasteiger partial charge < -0.3 is 10.1 Å². The minimum absolute atomic E-state index is 0.0452. The number of halogens is 1. The van der Waals surface area contributed by atoms with Crippen LogP contribution in [0.25, 0.3) is 0 Å². The highest BCUT2D eigenvalue weighted by Crippen LogP contribution is 2.33. The zero-order valence-electron chi connectivity index (χ0n) is 13.5. The molecule has 0 unspecified atom stereocenters. The predicted molar refractivity (Wildman–Crippen MR) is 88.7 cm³/mol. The van der Waals surface area contributed by atoms with Crippen molar-refractivity contribution in [3.05, 3.63) is 22.7 Å². The van der Waals surface area contributed by atoms with Crippen molar-refractivity contribution in [1.29, 1.82) is 0 Å². The molecule has 1 rings (SSSR count). The molecule has 6 heteroatoms. The topological polar surface area (TPSA) is 58.6 Å². The van der Waals surface area contributed by atoms with Crippen LogP contribution in [0.5, 0.6) is 5.75 Å². The van der Waals surface area contributed by atoms with E-state index < -0.39 is 0 Å². The first kappa shape index (κ1) is 18.3. The maximum atomic E-state index is 12.0. The van der Waals surface area contributed by atoms with Crippen molar-refractivity contribution >= 4 is 29.1 Å². The SMILES string of the molecule is CCCCNC(=O)CN(C(C)=O)c1cc(C)c(Cl)cc1OC. The fraction of sp³-hybridized carbons (Fsp3) is 0.500. The molecule has 1 N–H and O–H groups in total. The van der Waals surface area contributed by atoms with Gasteiger partial charge >= 0.3 is 0 Å². The highest BCUT2D eigenvalue weighted by atomic mass is 35.5. The molecule has 0 aliphatic rings. The summed E-state index contributed by atoms with van der Waals surface area (Å²) in [5, 5.41) is 3.35. The lowest BCUT2D eigenvalue weighted by atomic mass is 10.2. The Balaban J connectivity index is 2.99. The third-order valence-corrected chi connectivity index (χ3v) is 3.69. The molecule has 0 aliphatic carbocycles. The number of aryl methyl sites for hydroxylation is 1. The second-order valence-corrected chi connectivity index (χ2v) is 5.49. The van der Waals surface area contributed by atoms with Crippen LogP contribution in [0.2, 0.25) is 5.02 Å². The molecule has 0 fully saturated rings. The number of carbonyl (C=O) groups excluding carboxylic acids is 2. The normalized spacial score (nSPS) is 10.2. The number of unbranched alkanes of at least 4 members (excludes halogenated alkanes) is 1. The van der Waals surface area contributed by atoms with E-state index >= 15 is 0 Å². The number of benzene rings is 1. The van der Waals surface area contributed by atoms with Gasteiger partial charge in [0, 0.05) is 24.6 Å². The van der Waals surface area contributed by atoms with Gasteiger partial charge in [0.05, 0.1) is 12.8 Å². The minimum atomic E-state index is -0.231. The highest BCUT2D eigenvalue weighted by Gasteiger charge is 2.20. The second-order valence-electron chi connectivity index (χ2n) is 5.08. The molecule has 0 aliphatic heterocycles. The maximum Gasteiger partial charge on any atom is 0.240 e. The van der Waals surface area contributed by atoms with Crippen LogP contribution in [0.15, 0.2) is 12.1 Å². The highest BCUT2D eigenvalue weighted by molar-refractivity contribution is 6.31. The molecule has 0 heterocycles. The number of hydrogen-bond donors (Lipinski definition) is 1. The van der Waals surface area contributed by atoms with Crippen molar-refractivity contribution in [3.63, 3.8) is 0 Å². The molecule has 122 valence electrons. The van der Waals surface area contributed by atoms with Crippen LogP contribution in [0.4, 0.5) is 5.69 Å². The van der Waals surface area contributed by atoms with Gasteiger partial charge in [-0.2, -0.15) is 0 Å². The van der Waals surface area contributed by atoms with Crippen LogP contribution in [0, 0.1) is 6.92 Å². The summed E-state index contributed by atoms with van der Waals surface area (Å²) in [5.74, 6) is 0.0381. The van der Waals surface area contributed by atoms with E-state index in [1.165, 1.54) is 18.9 Å². The van der Waals surface area contributed by atoms with Crippen molar-refractivity contribution in [2.45, 2.75) is 33.6 Å². The van der Waals surface area contributed by atoms with E-state index in [0.29, 0.717) is 23.0 Å². The van der Waals surface area contributed by atoms with Gasteiger partial charge in [-0.05, 0) is 25.0 Å². The number of hydrogen-bond acceptors (Lipinski definition) is 3. The van der Waals surface area contributed by atoms with Gasteiger partial charge in [-0.25, -0.2) is 0 Å². The molecule has 0 saturated heterocycles. The fourth-order valence-electron chi connectivity index (χ4n) is 1.99. The molecule has 0 spiro atoms. The molecule has 0 radical (unpaired) electrons. The van der Waals surface area contributed by atoms with Gasteiger partial charge in [0.2, 0.25) is 11.8 Å². The van der Waals surface area contributed by atoms with Crippen LogP contribution >= 0.6 is 11.6 Å². The number of nitrogens with zero attached hydrogens (tertiary/aromatic N) is 1. The Hall–Kier alpha value is -1.75. The van der Waals surface area contributed by atoms with Crippen LogP contribution in [-0.2, 0) is 9.59 Å². The van der Waals surface area contributed by atoms with Gasteiger partial charge in [0.15, 0.2) is 0 Å². The summed E-state index contributed by atoms with van der Waals surface area (Å²) in [6.45, 7) is 5.87. The Kier molecular flexibility index (Phi) is 7.18. The van der Waals surface area contributed by atoms with Crippen LogP contribution < -0.4 is 15.0 Å². The fourth-order valence-corrected chi connectivity index (χ4v) is 2.15. The molecule has 0 aromatic heterocycles. The van der Waals surface area contributed by atoms with Gasteiger partial charge in [-0.15, -0.1) is 0 Å². The number of rotatable bonds is 7. The Morgan fingerprint density at radius 1 is 1.36 bits per heavy atom. The number of methoxy groups -OCH3 is 1. The zero-order chi connectivity index (χ0) is 16.7. The third-order valence-electron chi connectivity index (χ3n) is 3.29. The molecule has 0 atom stereocenters. The summed E-state index contributed by atoms with van der Waals surface area (Å²) >= 11 is 6.08. The van der Waals surface area contributed by atoms with Crippen molar-refractivity contribution in [2.75, 3.05) is 25.1 Å². The molecule has 1 aromatic carbocycles. The summed E-state index contributed by atoms with van der Waals surface area (Å²) < 4.78 is 5.28. The quantitative estimate of drug-likeness (QED) is 0.784. The standard InChI is InChI=1S/C16H23ClN2O3/c1-5-6-7-18-16(21)10-19(12(3)20)14-8-11(2)13(17)9-15(14)22-4/h8-9H,5-7,10H2,1-4H3,(H,18,21). The zero-order valence-corrected chi connectivity index (χ0v) is 14.3. The lowest BCUT2D eigenvalue weighted by Gasteiger charge is -2.23. The van der Waals surface area contributed by atoms with E-state index in [0.717, 1.165) is 18.4 Å². The maximum absolute atomic E-state index is 12.0. The van der Waals surface area contributed by atoms with Crippen molar-refractivity contribution in [3.8, 4) is 5.75 Å².